The maximum Gasteiger partial charge on any atom is 0.250 e. The highest BCUT2D eigenvalue weighted by Crippen LogP contribution is 2.39. The lowest BCUT2D eigenvalue weighted by molar-refractivity contribution is -0.118. The molecule has 1 aliphatic rings. The van der Waals surface area contributed by atoms with E-state index in [1.807, 2.05) is 31.2 Å². The molecule has 0 saturated carbocycles. The highest BCUT2D eigenvalue weighted by Gasteiger charge is 2.17. The Kier molecular flexibility index (Phi) is 5.27. The van der Waals surface area contributed by atoms with E-state index in [-0.39, 0.29) is 12.7 Å². The van der Waals surface area contributed by atoms with Crippen molar-refractivity contribution in [3.05, 3.63) is 52.5 Å². The van der Waals surface area contributed by atoms with Crippen molar-refractivity contribution in [1.82, 2.24) is 5.43 Å². The van der Waals surface area contributed by atoms with E-state index in [9.17, 15) is 4.79 Å². The Bertz CT molecular complexity index is 778. The number of aryl methyl sites for hydroxylation is 1. The molecule has 0 fully saturated rings. The van der Waals surface area contributed by atoms with Gasteiger partial charge in [0.1, 0.15) is 0 Å². The van der Waals surface area contributed by atoms with Crippen LogP contribution in [0, 0.1) is 6.92 Å². The molecule has 0 aromatic heterocycles. The van der Waals surface area contributed by atoms with Crippen LogP contribution in [0.25, 0.3) is 0 Å². The van der Waals surface area contributed by atoms with E-state index in [1.54, 1.807) is 12.1 Å². The topological polar surface area (TPSA) is 59.9 Å². The first kappa shape index (κ1) is 16.7. The molecule has 0 spiro atoms. The van der Waals surface area contributed by atoms with Crippen molar-refractivity contribution in [3.8, 4) is 11.5 Å². The van der Waals surface area contributed by atoms with Crippen LogP contribution in [0.2, 0.25) is 5.02 Å². The summed E-state index contributed by atoms with van der Waals surface area (Å²) in [4.78, 5) is 12.9. The normalized spacial score (nSPS) is 12.6. The van der Waals surface area contributed by atoms with Crippen LogP contribution >= 0.6 is 23.4 Å². The third-order valence-electron chi connectivity index (χ3n) is 3.24. The van der Waals surface area contributed by atoms with Crippen LogP contribution < -0.4 is 14.9 Å². The van der Waals surface area contributed by atoms with Gasteiger partial charge in [0.05, 0.1) is 17.0 Å². The molecule has 0 atom stereocenters. The fraction of sp³-hybridized carbons (Fsp3) is 0.176. The van der Waals surface area contributed by atoms with Crippen molar-refractivity contribution >= 4 is 35.5 Å². The maximum absolute atomic E-state index is 11.8. The number of nitrogens with one attached hydrogen (secondary N) is 1. The fourth-order valence-electron chi connectivity index (χ4n) is 2.06. The number of carbonyl (C=O) groups excluding carboxylic acids is 1. The Labute approximate surface area is 149 Å². The summed E-state index contributed by atoms with van der Waals surface area (Å²) in [6.07, 6.45) is 1.52. The van der Waals surface area contributed by atoms with Gasteiger partial charge in [0.25, 0.3) is 0 Å². The summed E-state index contributed by atoms with van der Waals surface area (Å²) in [7, 11) is 0. The smallest absolute Gasteiger partial charge is 0.250 e. The summed E-state index contributed by atoms with van der Waals surface area (Å²) in [6, 6.07) is 11.5. The van der Waals surface area contributed by atoms with Crippen molar-refractivity contribution < 1.29 is 14.3 Å². The summed E-state index contributed by atoms with van der Waals surface area (Å²) in [5, 5.41) is 4.39. The second-order valence-corrected chi connectivity index (χ2v) is 6.59. The highest BCUT2D eigenvalue weighted by molar-refractivity contribution is 8.00. The lowest BCUT2D eigenvalue weighted by Gasteiger charge is -2.02. The second-order valence-electron chi connectivity index (χ2n) is 5.13. The lowest BCUT2D eigenvalue weighted by atomic mass is 10.2. The molecule has 2 aromatic carbocycles. The SMILES string of the molecule is Cc1ccc(SCC(=O)N/N=C\c2cc(Cl)c3c(c2)OCO3)cc1. The minimum atomic E-state index is -0.177. The molecular formula is C17H15ClN2O3S. The van der Waals surface area contributed by atoms with E-state index in [0.717, 1.165) is 10.5 Å². The van der Waals surface area contributed by atoms with E-state index in [2.05, 4.69) is 10.5 Å². The Balaban J connectivity index is 1.51. The van der Waals surface area contributed by atoms with Gasteiger partial charge in [-0.25, -0.2) is 5.43 Å². The largest absolute Gasteiger partial charge is 0.454 e. The number of amides is 1. The van der Waals surface area contributed by atoms with Gasteiger partial charge in [-0.3, -0.25) is 4.79 Å². The molecule has 0 radical (unpaired) electrons. The number of carbonyl (C=O) groups is 1. The minimum absolute atomic E-state index is 0.155. The van der Waals surface area contributed by atoms with Crippen LogP contribution in [0.5, 0.6) is 11.5 Å². The first-order chi connectivity index (χ1) is 11.6. The van der Waals surface area contributed by atoms with E-state index in [4.69, 9.17) is 21.1 Å². The van der Waals surface area contributed by atoms with Crippen molar-refractivity contribution in [1.29, 1.82) is 0 Å². The molecule has 1 amide bonds. The van der Waals surface area contributed by atoms with Gasteiger partial charge >= 0.3 is 0 Å². The Morgan fingerprint density at radius 2 is 2.12 bits per heavy atom. The van der Waals surface area contributed by atoms with Gasteiger partial charge in [0.2, 0.25) is 12.7 Å². The lowest BCUT2D eigenvalue weighted by Crippen LogP contribution is -2.19. The van der Waals surface area contributed by atoms with Crippen molar-refractivity contribution in [3.63, 3.8) is 0 Å². The van der Waals surface area contributed by atoms with Crippen LogP contribution in [-0.2, 0) is 4.79 Å². The first-order valence-electron chi connectivity index (χ1n) is 7.22. The average molecular weight is 363 g/mol. The predicted octanol–water partition coefficient (Wildman–Crippen LogP) is 3.62. The number of rotatable bonds is 5. The standard InChI is InChI=1S/C17H15ClN2O3S/c1-11-2-4-13(5-3-11)24-9-16(21)20-19-8-12-6-14(18)17-15(7-12)22-10-23-17/h2-8H,9-10H2,1H3,(H,20,21)/b19-8-. The fourth-order valence-corrected chi connectivity index (χ4v) is 3.02. The number of fused-ring (bicyclic) bond motifs is 1. The number of hydrazone groups is 1. The Morgan fingerprint density at radius 1 is 1.33 bits per heavy atom. The summed E-state index contributed by atoms with van der Waals surface area (Å²) in [6.45, 7) is 2.18. The number of halogens is 1. The van der Waals surface area contributed by atoms with Crippen molar-refractivity contribution in [2.75, 3.05) is 12.5 Å². The van der Waals surface area contributed by atoms with Gasteiger partial charge in [0.15, 0.2) is 11.5 Å². The molecule has 1 aliphatic heterocycles. The number of benzene rings is 2. The van der Waals surface area contributed by atoms with Gasteiger partial charge in [-0.2, -0.15) is 5.10 Å². The second kappa shape index (κ2) is 7.59. The number of hydrogen-bond acceptors (Lipinski definition) is 5. The zero-order valence-corrected chi connectivity index (χ0v) is 14.5. The van der Waals surface area contributed by atoms with Crippen LogP contribution in [0.3, 0.4) is 0 Å². The summed E-state index contributed by atoms with van der Waals surface area (Å²) in [5.74, 6) is 1.23. The molecule has 1 N–H and O–H groups in total. The third kappa shape index (κ3) is 4.21. The van der Waals surface area contributed by atoms with Crippen LogP contribution in [0.1, 0.15) is 11.1 Å². The predicted molar refractivity (Wildman–Crippen MR) is 95.2 cm³/mol. The molecule has 2 aromatic rings. The number of hydrogen-bond donors (Lipinski definition) is 1. The molecule has 0 saturated heterocycles. The van der Waals surface area contributed by atoms with E-state index >= 15 is 0 Å². The maximum atomic E-state index is 11.8. The van der Waals surface area contributed by atoms with Crippen LogP contribution in [0.15, 0.2) is 46.4 Å². The van der Waals surface area contributed by atoms with Gasteiger partial charge in [0, 0.05) is 4.90 Å². The molecule has 0 bridgehead atoms. The Morgan fingerprint density at radius 3 is 2.92 bits per heavy atom. The summed E-state index contributed by atoms with van der Waals surface area (Å²) < 4.78 is 10.5. The molecule has 124 valence electrons. The van der Waals surface area contributed by atoms with Crippen molar-refractivity contribution in [2.45, 2.75) is 11.8 Å². The van der Waals surface area contributed by atoms with Crippen LogP contribution in [0.4, 0.5) is 0 Å². The average Bonchev–Trinajstić information content (AvgIpc) is 3.03. The molecule has 3 rings (SSSR count). The number of ether oxygens (including phenoxy) is 2. The van der Waals surface area contributed by atoms with E-state index in [0.29, 0.717) is 22.3 Å². The monoisotopic (exact) mass is 362 g/mol. The van der Waals surface area contributed by atoms with Gasteiger partial charge in [-0.05, 0) is 36.8 Å². The van der Waals surface area contributed by atoms with Crippen molar-refractivity contribution in [2.24, 2.45) is 5.10 Å². The van der Waals surface area contributed by atoms with Gasteiger partial charge < -0.3 is 9.47 Å². The third-order valence-corrected chi connectivity index (χ3v) is 4.54. The molecule has 1 heterocycles. The Hall–Kier alpha value is -2.18. The van der Waals surface area contributed by atoms with Gasteiger partial charge in [-0.1, -0.05) is 29.3 Å². The zero-order chi connectivity index (χ0) is 16.9. The first-order valence-corrected chi connectivity index (χ1v) is 8.59. The minimum Gasteiger partial charge on any atom is -0.454 e. The molecule has 24 heavy (non-hydrogen) atoms. The van der Waals surface area contributed by atoms with Crippen LogP contribution in [-0.4, -0.2) is 24.7 Å². The summed E-state index contributed by atoms with van der Waals surface area (Å²) in [5.41, 5.74) is 4.40. The highest BCUT2D eigenvalue weighted by atomic mass is 35.5. The summed E-state index contributed by atoms with van der Waals surface area (Å²) >= 11 is 7.55. The van der Waals surface area contributed by atoms with Gasteiger partial charge in [-0.15, -0.1) is 11.8 Å². The zero-order valence-electron chi connectivity index (χ0n) is 12.9. The van der Waals surface area contributed by atoms with E-state index in [1.165, 1.54) is 23.5 Å². The quantitative estimate of drug-likeness (QED) is 0.501. The molecule has 7 heteroatoms. The molecule has 0 unspecified atom stereocenters. The number of thioether (sulfide) groups is 1. The molecule has 5 nitrogen and oxygen atoms in total. The molecule has 0 aliphatic carbocycles. The molecular weight excluding hydrogens is 348 g/mol. The number of nitrogens with zero attached hydrogens (tertiary/aromatic N) is 1. The van der Waals surface area contributed by atoms with E-state index < -0.39 is 0 Å².